The first kappa shape index (κ1) is 10.0. The molecule has 1 nitrogen and oxygen atoms in total. The van der Waals surface area contributed by atoms with Crippen molar-refractivity contribution in [3.63, 3.8) is 0 Å². The second-order valence-electron chi connectivity index (χ2n) is 2.66. The molecule has 0 atom stereocenters. The Labute approximate surface area is 83.0 Å². The number of halogens is 1. The molecule has 0 spiro atoms. The van der Waals surface area contributed by atoms with Crippen LogP contribution in [-0.4, -0.2) is 6.29 Å². The van der Waals surface area contributed by atoms with Gasteiger partial charge >= 0.3 is 0 Å². The van der Waals surface area contributed by atoms with Gasteiger partial charge in [-0.3, -0.25) is 4.79 Å². The van der Waals surface area contributed by atoms with Gasteiger partial charge in [-0.25, -0.2) is 0 Å². The molecule has 1 aromatic carbocycles. The van der Waals surface area contributed by atoms with Crippen molar-refractivity contribution in [2.75, 3.05) is 0 Å². The molecule has 0 saturated carbocycles. The first-order valence-electron chi connectivity index (χ1n) is 4.18. The van der Waals surface area contributed by atoms with Crippen molar-refractivity contribution < 1.29 is 4.79 Å². The summed E-state index contributed by atoms with van der Waals surface area (Å²) in [5, 5.41) is 0.507. The first-order chi connectivity index (χ1) is 6.29. The predicted molar refractivity (Wildman–Crippen MR) is 55.7 cm³/mol. The fourth-order valence-corrected chi connectivity index (χ4v) is 1.45. The zero-order valence-corrected chi connectivity index (χ0v) is 8.21. The average Bonchev–Trinajstić information content (AvgIpc) is 2.18. The van der Waals surface area contributed by atoms with Crippen molar-refractivity contribution in [1.29, 1.82) is 0 Å². The van der Waals surface area contributed by atoms with Crippen molar-refractivity contribution in [2.24, 2.45) is 0 Å². The molecule has 0 saturated heterocycles. The highest BCUT2D eigenvalue weighted by Gasteiger charge is 2.02. The van der Waals surface area contributed by atoms with Gasteiger partial charge in [-0.15, -0.1) is 0 Å². The third kappa shape index (κ3) is 2.43. The van der Waals surface area contributed by atoms with Gasteiger partial charge in [0.2, 0.25) is 0 Å². The molecule has 0 unspecified atom stereocenters. The summed E-state index contributed by atoms with van der Waals surface area (Å²) in [6.07, 6.45) is 2.99. The van der Waals surface area contributed by atoms with Crippen molar-refractivity contribution in [3.05, 3.63) is 41.5 Å². The third-order valence-electron chi connectivity index (χ3n) is 1.87. The standard InChI is InChI=1S/C11H11ClO/c1-2-9-5-3-4-6-10(9)11(12)7-8-13/h3-8H,2H2,1H3. The summed E-state index contributed by atoms with van der Waals surface area (Å²) in [5.74, 6) is 0. The number of hydrogen-bond acceptors (Lipinski definition) is 1. The van der Waals surface area contributed by atoms with E-state index in [0.717, 1.165) is 17.5 Å². The SMILES string of the molecule is CCc1ccccc1C(Cl)=CC=O. The molecule has 0 radical (unpaired) electrons. The minimum atomic E-state index is 0.507. The number of benzene rings is 1. The van der Waals surface area contributed by atoms with E-state index in [1.807, 2.05) is 24.3 Å². The van der Waals surface area contributed by atoms with Crippen LogP contribution in [0.25, 0.3) is 5.03 Å². The molecule has 1 aromatic rings. The van der Waals surface area contributed by atoms with Gasteiger partial charge < -0.3 is 0 Å². The Hall–Kier alpha value is -1.08. The smallest absolute Gasteiger partial charge is 0.144 e. The van der Waals surface area contributed by atoms with E-state index in [1.54, 1.807) is 0 Å². The summed E-state index contributed by atoms with van der Waals surface area (Å²) in [4.78, 5) is 10.2. The maximum atomic E-state index is 10.2. The number of aryl methyl sites for hydroxylation is 1. The quantitative estimate of drug-likeness (QED) is 0.534. The molecule has 0 fully saturated rings. The van der Waals surface area contributed by atoms with Gasteiger partial charge in [0.1, 0.15) is 6.29 Å². The molecule has 0 aliphatic heterocycles. The van der Waals surface area contributed by atoms with E-state index < -0.39 is 0 Å². The largest absolute Gasteiger partial charge is 0.299 e. The van der Waals surface area contributed by atoms with Gasteiger partial charge in [0.25, 0.3) is 0 Å². The van der Waals surface area contributed by atoms with E-state index in [0.29, 0.717) is 11.3 Å². The van der Waals surface area contributed by atoms with Crippen LogP contribution in [0, 0.1) is 0 Å². The fraction of sp³-hybridized carbons (Fsp3) is 0.182. The second-order valence-corrected chi connectivity index (χ2v) is 3.07. The highest BCUT2D eigenvalue weighted by atomic mass is 35.5. The summed E-state index contributed by atoms with van der Waals surface area (Å²) in [5.41, 5.74) is 2.10. The molecular formula is C11H11ClO. The van der Waals surface area contributed by atoms with E-state index in [-0.39, 0.29) is 0 Å². The number of allylic oxidation sites excluding steroid dienone is 1. The Bertz CT molecular complexity index is 329. The topological polar surface area (TPSA) is 17.1 Å². The van der Waals surface area contributed by atoms with E-state index in [1.165, 1.54) is 6.08 Å². The molecule has 13 heavy (non-hydrogen) atoms. The van der Waals surface area contributed by atoms with Crippen LogP contribution >= 0.6 is 11.6 Å². The zero-order valence-electron chi connectivity index (χ0n) is 7.46. The molecule has 68 valence electrons. The first-order valence-corrected chi connectivity index (χ1v) is 4.56. The van der Waals surface area contributed by atoms with Gasteiger partial charge in [0.15, 0.2) is 0 Å². The highest BCUT2D eigenvalue weighted by Crippen LogP contribution is 2.22. The molecule has 0 amide bonds. The Balaban J connectivity index is 3.12. The molecule has 0 bridgehead atoms. The molecule has 1 rings (SSSR count). The summed E-state index contributed by atoms with van der Waals surface area (Å²) < 4.78 is 0. The minimum absolute atomic E-state index is 0.507. The van der Waals surface area contributed by atoms with Gasteiger partial charge in [0, 0.05) is 0 Å². The Morgan fingerprint density at radius 3 is 2.77 bits per heavy atom. The Morgan fingerprint density at radius 2 is 2.15 bits per heavy atom. The maximum absolute atomic E-state index is 10.2. The Kier molecular flexibility index (Phi) is 3.71. The van der Waals surface area contributed by atoms with Crippen LogP contribution < -0.4 is 0 Å². The summed E-state index contributed by atoms with van der Waals surface area (Å²) >= 11 is 5.92. The van der Waals surface area contributed by atoms with Crippen LogP contribution in [0.2, 0.25) is 0 Å². The van der Waals surface area contributed by atoms with Gasteiger partial charge in [-0.2, -0.15) is 0 Å². The van der Waals surface area contributed by atoms with Crippen LogP contribution in [0.5, 0.6) is 0 Å². The van der Waals surface area contributed by atoms with Crippen LogP contribution in [0.4, 0.5) is 0 Å². The maximum Gasteiger partial charge on any atom is 0.144 e. The Morgan fingerprint density at radius 1 is 1.46 bits per heavy atom. The van der Waals surface area contributed by atoms with E-state index in [9.17, 15) is 4.79 Å². The number of aldehydes is 1. The van der Waals surface area contributed by atoms with Crippen molar-refractivity contribution in [1.82, 2.24) is 0 Å². The monoisotopic (exact) mass is 194 g/mol. The number of hydrogen-bond donors (Lipinski definition) is 0. The molecule has 0 aliphatic rings. The minimum Gasteiger partial charge on any atom is -0.299 e. The van der Waals surface area contributed by atoms with Crippen LogP contribution in [0.1, 0.15) is 18.1 Å². The highest BCUT2D eigenvalue weighted by molar-refractivity contribution is 6.49. The van der Waals surface area contributed by atoms with Crippen LogP contribution in [0.3, 0.4) is 0 Å². The molecule has 2 heteroatoms. The lowest BCUT2D eigenvalue weighted by Crippen LogP contribution is -1.87. The molecular weight excluding hydrogens is 184 g/mol. The van der Waals surface area contributed by atoms with E-state index in [2.05, 4.69) is 6.92 Å². The normalized spacial score (nSPS) is 11.4. The van der Waals surface area contributed by atoms with E-state index >= 15 is 0 Å². The molecule has 0 heterocycles. The summed E-state index contributed by atoms with van der Waals surface area (Å²) in [6.45, 7) is 2.06. The van der Waals surface area contributed by atoms with E-state index in [4.69, 9.17) is 11.6 Å². The lowest BCUT2D eigenvalue weighted by atomic mass is 10.1. The number of carbonyl (C=O) groups is 1. The van der Waals surface area contributed by atoms with Gasteiger partial charge in [-0.05, 0) is 23.6 Å². The molecule has 0 aromatic heterocycles. The average molecular weight is 195 g/mol. The summed E-state index contributed by atoms with van der Waals surface area (Å²) in [6, 6.07) is 7.81. The van der Waals surface area contributed by atoms with Gasteiger partial charge in [-0.1, -0.05) is 42.8 Å². The van der Waals surface area contributed by atoms with Crippen molar-refractivity contribution >= 4 is 22.9 Å². The zero-order chi connectivity index (χ0) is 9.68. The second kappa shape index (κ2) is 4.83. The molecule has 0 N–H and O–H groups in total. The summed E-state index contributed by atoms with van der Waals surface area (Å²) in [7, 11) is 0. The van der Waals surface area contributed by atoms with Crippen molar-refractivity contribution in [3.8, 4) is 0 Å². The lowest BCUT2D eigenvalue weighted by Gasteiger charge is -2.04. The third-order valence-corrected chi connectivity index (χ3v) is 2.20. The number of carbonyl (C=O) groups excluding carboxylic acids is 1. The van der Waals surface area contributed by atoms with Crippen molar-refractivity contribution in [2.45, 2.75) is 13.3 Å². The van der Waals surface area contributed by atoms with Crippen LogP contribution in [0.15, 0.2) is 30.3 Å². The van der Waals surface area contributed by atoms with Gasteiger partial charge in [0.05, 0.1) is 5.03 Å². The molecule has 0 aliphatic carbocycles. The number of rotatable bonds is 3. The predicted octanol–water partition coefficient (Wildman–Crippen LogP) is 3.03. The lowest BCUT2D eigenvalue weighted by molar-refractivity contribution is -0.104. The van der Waals surface area contributed by atoms with Crippen LogP contribution in [-0.2, 0) is 11.2 Å². The fourth-order valence-electron chi connectivity index (χ4n) is 1.21.